The number of benzene rings is 1. The second kappa shape index (κ2) is 5.14. The van der Waals surface area contributed by atoms with Crippen LogP contribution >= 0.6 is 0 Å². The molecule has 7 heteroatoms. The van der Waals surface area contributed by atoms with Gasteiger partial charge in [0.05, 0.1) is 6.61 Å². The molecule has 102 valence electrons. The van der Waals surface area contributed by atoms with Gasteiger partial charge in [-0.15, -0.1) is 0 Å². The fraction of sp³-hybridized carbons (Fsp3) is 0.154. The molecule has 3 aromatic rings. The monoisotopic (exact) mass is 271 g/mol. The summed E-state index contributed by atoms with van der Waals surface area (Å²) in [6.07, 6.45) is 1.67. The SMILES string of the molecule is Nc1nc(NCc2ccccc2CO)c2[nH]c[nH+]c2n1. The van der Waals surface area contributed by atoms with Gasteiger partial charge in [-0.25, -0.2) is 4.98 Å². The standard InChI is InChI=1S/C13H14N6O/c14-13-18-11(10-12(19-13)17-7-16-10)15-5-8-3-1-2-4-9(8)6-20/h1-4,7,20H,5-6H2,(H4,14,15,16,17,18,19)/p+1. The van der Waals surface area contributed by atoms with Crippen molar-refractivity contribution in [1.29, 1.82) is 0 Å². The molecule has 0 aliphatic rings. The maximum absolute atomic E-state index is 9.31. The molecule has 7 nitrogen and oxygen atoms in total. The van der Waals surface area contributed by atoms with Gasteiger partial charge in [0.2, 0.25) is 5.52 Å². The number of nitrogens with one attached hydrogen (secondary N) is 3. The van der Waals surface area contributed by atoms with Crippen molar-refractivity contribution in [2.45, 2.75) is 13.2 Å². The number of hydrogen-bond acceptors (Lipinski definition) is 5. The van der Waals surface area contributed by atoms with Crippen LogP contribution in [0.3, 0.4) is 0 Å². The molecule has 0 radical (unpaired) electrons. The maximum atomic E-state index is 9.31. The molecule has 0 aliphatic heterocycles. The van der Waals surface area contributed by atoms with Crippen molar-refractivity contribution < 1.29 is 10.1 Å². The topological polar surface area (TPSA) is 114 Å². The Kier molecular flexibility index (Phi) is 3.18. The Hall–Kier alpha value is -2.67. The number of hydrogen-bond donors (Lipinski definition) is 4. The number of imidazole rings is 1. The van der Waals surface area contributed by atoms with E-state index >= 15 is 0 Å². The van der Waals surface area contributed by atoms with E-state index in [1.54, 1.807) is 6.33 Å². The number of aromatic amines is 2. The van der Waals surface area contributed by atoms with Crippen molar-refractivity contribution in [2.24, 2.45) is 0 Å². The van der Waals surface area contributed by atoms with E-state index in [1.165, 1.54) is 0 Å². The minimum atomic E-state index is 0.00938. The Morgan fingerprint density at radius 1 is 1.25 bits per heavy atom. The second-order valence-corrected chi connectivity index (χ2v) is 4.37. The Bertz CT molecular complexity index is 739. The molecule has 0 bridgehead atoms. The van der Waals surface area contributed by atoms with E-state index in [2.05, 4.69) is 25.3 Å². The minimum absolute atomic E-state index is 0.00938. The quantitative estimate of drug-likeness (QED) is 0.550. The van der Waals surface area contributed by atoms with Crippen LogP contribution in [-0.2, 0) is 13.2 Å². The lowest BCUT2D eigenvalue weighted by molar-refractivity contribution is -0.347. The molecule has 0 amide bonds. The number of rotatable bonds is 4. The third kappa shape index (κ3) is 2.26. The molecule has 0 aliphatic carbocycles. The van der Waals surface area contributed by atoms with Crippen molar-refractivity contribution in [3.8, 4) is 0 Å². The third-order valence-electron chi connectivity index (χ3n) is 3.09. The van der Waals surface area contributed by atoms with Crippen LogP contribution in [0.4, 0.5) is 11.8 Å². The number of aromatic nitrogens is 4. The Morgan fingerprint density at radius 3 is 2.85 bits per heavy atom. The summed E-state index contributed by atoms with van der Waals surface area (Å²) < 4.78 is 0. The Morgan fingerprint density at radius 2 is 2.05 bits per heavy atom. The van der Waals surface area contributed by atoms with Gasteiger partial charge in [0.1, 0.15) is 0 Å². The van der Waals surface area contributed by atoms with Gasteiger partial charge in [-0.3, -0.25) is 4.98 Å². The Labute approximate surface area is 114 Å². The lowest BCUT2D eigenvalue weighted by Gasteiger charge is -2.08. The molecule has 0 spiro atoms. The molecule has 0 atom stereocenters. The maximum Gasteiger partial charge on any atom is 0.307 e. The summed E-state index contributed by atoms with van der Waals surface area (Å²) in [5, 5.41) is 12.5. The van der Waals surface area contributed by atoms with Crippen LogP contribution in [0.2, 0.25) is 0 Å². The van der Waals surface area contributed by atoms with Crippen molar-refractivity contribution in [3.05, 3.63) is 41.7 Å². The highest BCUT2D eigenvalue weighted by molar-refractivity contribution is 5.81. The van der Waals surface area contributed by atoms with Crippen LogP contribution in [0.5, 0.6) is 0 Å². The van der Waals surface area contributed by atoms with Crippen LogP contribution in [0, 0.1) is 0 Å². The van der Waals surface area contributed by atoms with Crippen LogP contribution < -0.4 is 16.0 Å². The second-order valence-electron chi connectivity index (χ2n) is 4.37. The number of fused-ring (bicyclic) bond motifs is 1. The van der Waals surface area contributed by atoms with E-state index in [1.807, 2.05) is 24.3 Å². The summed E-state index contributed by atoms with van der Waals surface area (Å²) in [5.74, 6) is 0.827. The number of anilines is 2. The van der Waals surface area contributed by atoms with E-state index in [0.29, 0.717) is 18.0 Å². The summed E-state index contributed by atoms with van der Waals surface area (Å²) in [5.41, 5.74) is 8.98. The van der Waals surface area contributed by atoms with Crippen LogP contribution in [0.25, 0.3) is 11.2 Å². The van der Waals surface area contributed by atoms with E-state index in [-0.39, 0.29) is 12.6 Å². The van der Waals surface area contributed by atoms with Crippen molar-refractivity contribution in [1.82, 2.24) is 15.0 Å². The number of aliphatic hydroxyl groups excluding tert-OH is 1. The van der Waals surface area contributed by atoms with Crippen LogP contribution in [0.15, 0.2) is 30.6 Å². The van der Waals surface area contributed by atoms with Gasteiger partial charge in [0.25, 0.3) is 5.95 Å². The molecular weight excluding hydrogens is 256 g/mol. The lowest BCUT2D eigenvalue weighted by atomic mass is 10.1. The first-order valence-corrected chi connectivity index (χ1v) is 6.21. The lowest BCUT2D eigenvalue weighted by Crippen LogP contribution is -2.08. The first kappa shape index (κ1) is 12.4. The van der Waals surface area contributed by atoms with E-state index < -0.39 is 0 Å². The number of aliphatic hydroxyl groups is 1. The zero-order valence-electron chi connectivity index (χ0n) is 10.7. The summed E-state index contributed by atoms with van der Waals surface area (Å²) in [6, 6.07) is 7.68. The molecule has 20 heavy (non-hydrogen) atoms. The smallest absolute Gasteiger partial charge is 0.307 e. The highest BCUT2D eigenvalue weighted by Crippen LogP contribution is 2.17. The highest BCUT2D eigenvalue weighted by atomic mass is 16.3. The Balaban J connectivity index is 1.88. The first-order chi connectivity index (χ1) is 9.78. The predicted octanol–water partition coefficient (Wildman–Crippen LogP) is 0.459. The van der Waals surface area contributed by atoms with Crippen LogP contribution in [-0.4, -0.2) is 20.1 Å². The minimum Gasteiger partial charge on any atom is -0.392 e. The van der Waals surface area contributed by atoms with Crippen molar-refractivity contribution in [3.63, 3.8) is 0 Å². The molecule has 2 aromatic heterocycles. The van der Waals surface area contributed by atoms with Gasteiger partial charge in [0, 0.05) is 6.54 Å². The molecule has 0 saturated carbocycles. The molecule has 6 N–H and O–H groups in total. The van der Waals surface area contributed by atoms with Gasteiger partial charge in [0.15, 0.2) is 12.1 Å². The van der Waals surface area contributed by atoms with E-state index in [4.69, 9.17) is 5.73 Å². The molecular formula is C13H15N6O+. The van der Waals surface area contributed by atoms with Crippen molar-refractivity contribution >= 4 is 22.9 Å². The molecule has 0 fully saturated rings. The van der Waals surface area contributed by atoms with Crippen molar-refractivity contribution in [2.75, 3.05) is 11.1 Å². The van der Waals surface area contributed by atoms with E-state index in [9.17, 15) is 5.11 Å². The molecule has 2 heterocycles. The fourth-order valence-corrected chi connectivity index (χ4v) is 2.09. The fourth-order valence-electron chi connectivity index (χ4n) is 2.09. The predicted molar refractivity (Wildman–Crippen MR) is 74.5 cm³/mol. The summed E-state index contributed by atoms with van der Waals surface area (Å²) in [6.45, 7) is 0.552. The summed E-state index contributed by atoms with van der Waals surface area (Å²) in [4.78, 5) is 14.3. The number of nitrogens with two attached hydrogens (primary N) is 1. The van der Waals surface area contributed by atoms with Gasteiger partial charge < -0.3 is 16.2 Å². The average Bonchev–Trinajstić information content (AvgIpc) is 2.93. The molecule has 0 unspecified atom stereocenters. The average molecular weight is 271 g/mol. The zero-order valence-corrected chi connectivity index (χ0v) is 10.7. The number of nitrogens with zero attached hydrogens (tertiary/aromatic N) is 2. The molecule has 0 saturated heterocycles. The third-order valence-corrected chi connectivity index (χ3v) is 3.09. The number of nitrogen functional groups attached to an aromatic ring is 1. The van der Waals surface area contributed by atoms with Gasteiger partial charge >= 0.3 is 5.65 Å². The first-order valence-electron chi connectivity index (χ1n) is 6.21. The largest absolute Gasteiger partial charge is 0.392 e. The van der Waals surface area contributed by atoms with E-state index in [0.717, 1.165) is 16.6 Å². The van der Waals surface area contributed by atoms with Crippen LogP contribution in [0.1, 0.15) is 11.1 Å². The molecule has 3 rings (SSSR count). The molecule has 1 aromatic carbocycles. The van der Waals surface area contributed by atoms with Gasteiger partial charge in [-0.05, 0) is 11.1 Å². The van der Waals surface area contributed by atoms with Gasteiger partial charge in [-0.1, -0.05) is 29.2 Å². The zero-order chi connectivity index (χ0) is 13.9. The van der Waals surface area contributed by atoms with Gasteiger partial charge in [-0.2, -0.15) is 4.98 Å². The summed E-state index contributed by atoms with van der Waals surface area (Å²) >= 11 is 0. The summed E-state index contributed by atoms with van der Waals surface area (Å²) in [7, 11) is 0. The highest BCUT2D eigenvalue weighted by Gasteiger charge is 2.14. The number of H-pyrrole nitrogens is 2. The normalized spacial score (nSPS) is 10.8.